The number of hydrogen-bond acceptors (Lipinski definition) is 5. The van der Waals surface area contributed by atoms with Crippen molar-refractivity contribution >= 4 is 28.6 Å². The van der Waals surface area contributed by atoms with E-state index in [4.69, 9.17) is 0 Å². The zero-order chi connectivity index (χ0) is 17.8. The molecule has 0 bridgehead atoms. The van der Waals surface area contributed by atoms with Gasteiger partial charge in [0.2, 0.25) is 0 Å². The number of rotatable bonds is 6. The molecule has 4 nitrogen and oxygen atoms in total. The number of thiophene rings is 1. The van der Waals surface area contributed by atoms with Crippen molar-refractivity contribution in [3.63, 3.8) is 0 Å². The highest BCUT2D eigenvalue weighted by Gasteiger charge is 2.24. The first-order valence-electron chi connectivity index (χ1n) is 8.88. The molecule has 0 aliphatic carbocycles. The highest BCUT2D eigenvalue weighted by Crippen LogP contribution is 2.28. The molecule has 0 saturated carbocycles. The molecule has 134 valence electrons. The molecule has 3 aromatic rings. The van der Waals surface area contributed by atoms with E-state index in [-0.39, 0.29) is 11.9 Å². The number of likely N-dealkylation sites (tertiary alicyclic amines) is 1. The number of carbonyl (C=O) groups is 1. The summed E-state index contributed by atoms with van der Waals surface area (Å²) in [6.45, 7) is 2.79. The summed E-state index contributed by atoms with van der Waals surface area (Å²) < 4.78 is 0. The van der Waals surface area contributed by atoms with Gasteiger partial charge in [-0.2, -0.15) is 0 Å². The average Bonchev–Trinajstić information content (AvgIpc) is 3.43. The van der Waals surface area contributed by atoms with E-state index in [1.54, 1.807) is 11.3 Å². The van der Waals surface area contributed by atoms with Crippen LogP contribution in [0.5, 0.6) is 0 Å². The van der Waals surface area contributed by atoms with Crippen LogP contribution in [0.4, 0.5) is 0 Å². The molecule has 1 atom stereocenters. The fourth-order valence-electron chi connectivity index (χ4n) is 3.36. The van der Waals surface area contributed by atoms with Crippen molar-refractivity contribution in [1.82, 2.24) is 15.2 Å². The van der Waals surface area contributed by atoms with E-state index in [1.165, 1.54) is 29.7 Å². The lowest BCUT2D eigenvalue weighted by atomic mass is 10.1. The van der Waals surface area contributed by atoms with Crippen molar-refractivity contribution in [1.29, 1.82) is 0 Å². The van der Waals surface area contributed by atoms with Crippen molar-refractivity contribution in [2.45, 2.75) is 18.9 Å². The Morgan fingerprint density at radius 1 is 1.12 bits per heavy atom. The topological polar surface area (TPSA) is 45.2 Å². The molecule has 1 N–H and O–H groups in total. The summed E-state index contributed by atoms with van der Waals surface area (Å²) in [6.07, 6.45) is 2.46. The van der Waals surface area contributed by atoms with Crippen LogP contribution in [0.2, 0.25) is 0 Å². The van der Waals surface area contributed by atoms with Gasteiger partial charge in [0.25, 0.3) is 5.91 Å². The minimum absolute atomic E-state index is 0.0933. The van der Waals surface area contributed by atoms with Gasteiger partial charge >= 0.3 is 0 Å². The van der Waals surface area contributed by atoms with Crippen molar-refractivity contribution in [2.24, 2.45) is 0 Å². The first kappa shape index (κ1) is 17.4. The van der Waals surface area contributed by atoms with E-state index < -0.39 is 0 Å². The smallest absolute Gasteiger partial charge is 0.270 e. The van der Waals surface area contributed by atoms with E-state index in [0.29, 0.717) is 12.2 Å². The maximum absolute atomic E-state index is 12.6. The van der Waals surface area contributed by atoms with Crippen molar-refractivity contribution in [3.8, 4) is 9.88 Å². The zero-order valence-corrected chi connectivity index (χ0v) is 16.1. The summed E-state index contributed by atoms with van der Waals surface area (Å²) in [4.78, 5) is 20.7. The molecule has 26 heavy (non-hydrogen) atoms. The molecule has 1 fully saturated rings. The quantitative estimate of drug-likeness (QED) is 0.684. The van der Waals surface area contributed by atoms with E-state index in [2.05, 4.69) is 39.5 Å². The van der Waals surface area contributed by atoms with Gasteiger partial charge in [-0.3, -0.25) is 9.69 Å². The van der Waals surface area contributed by atoms with Crippen LogP contribution < -0.4 is 5.32 Å². The van der Waals surface area contributed by atoms with Crippen LogP contribution in [0.15, 0.2) is 53.2 Å². The van der Waals surface area contributed by atoms with Gasteiger partial charge in [0.05, 0.1) is 10.9 Å². The predicted molar refractivity (Wildman–Crippen MR) is 108 cm³/mol. The molecular weight excluding hydrogens is 362 g/mol. The van der Waals surface area contributed by atoms with Gasteiger partial charge in [-0.25, -0.2) is 4.98 Å². The maximum Gasteiger partial charge on any atom is 0.270 e. The highest BCUT2D eigenvalue weighted by molar-refractivity contribution is 7.20. The molecule has 0 spiro atoms. The Bertz CT molecular complexity index is 839. The second-order valence-electron chi connectivity index (χ2n) is 6.39. The fourth-order valence-corrected chi connectivity index (χ4v) is 4.97. The Labute approximate surface area is 161 Å². The molecule has 1 aromatic carbocycles. The Balaban J connectivity index is 1.44. The Morgan fingerprint density at radius 3 is 2.65 bits per heavy atom. The van der Waals surface area contributed by atoms with Gasteiger partial charge in [0.1, 0.15) is 10.7 Å². The minimum atomic E-state index is -0.0933. The third kappa shape index (κ3) is 3.87. The largest absolute Gasteiger partial charge is 0.349 e. The molecule has 6 heteroatoms. The number of amides is 1. The van der Waals surface area contributed by atoms with Gasteiger partial charge in [-0.15, -0.1) is 22.7 Å². The molecule has 1 aliphatic heterocycles. The number of carbonyl (C=O) groups excluding carboxylic acids is 1. The summed E-state index contributed by atoms with van der Waals surface area (Å²) in [5.74, 6) is -0.0933. The van der Waals surface area contributed by atoms with Gasteiger partial charge in [-0.1, -0.05) is 36.4 Å². The average molecular weight is 384 g/mol. The van der Waals surface area contributed by atoms with E-state index in [9.17, 15) is 4.79 Å². The summed E-state index contributed by atoms with van der Waals surface area (Å²) in [5.41, 5.74) is 1.76. The molecular formula is C20H21N3OS2. The number of benzene rings is 1. The summed E-state index contributed by atoms with van der Waals surface area (Å²) in [7, 11) is 0. The van der Waals surface area contributed by atoms with Gasteiger partial charge in [0, 0.05) is 11.9 Å². The van der Waals surface area contributed by atoms with Crippen LogP contribution in [0.1, 0.15) is 34.9 Å². The summed E-state index contributed by atoms with van der Waals surface area (Å²) >= 11 is 3.16. The first-order chi connectivity index (χ1) is 12.8. The van der Waals surface area contributed by atoms with E-state index in [0.717, 1.165) is 23.0 Å². The van der Waals surface area contributed by atoms with Crippen LogP contribution in [-0.4, -0.2) is 35.4 Å². The lowest BCUT2D eigenvalue weighted by Crippen LogP contribution is -2.36. The number of nitrogens with one attached hydrogen (secondary N) is 1. The molecule has 1 aliphatic rings. The number of hydrogen-bond donors (Lipinski definition) is 1. The molecule has 3 heterocycles. The number of aromatic nitrogens is 1. The van der Waals surface area contributed by atoms with Crippen LogP contribution in [-0.2, 0) is 0 Å². The Kier molecular flexibility index (Phi) is 5.43. The molecule has 1 saturated heterocycles. The van der Waals surface area contributed by atoms with Crippen molar-refractivity contribution < 1.29 is 4.79 Å². The monoisotopic (exact) mass is 383 g/mol. The first-order valence-corrected chi connectivity index (χ1v) is 10.6. The number of nitrogens with zero attached hydrogens (tertiary/aromatic N) is 2. The van der Waals surface area contributed by atoms with Gasteiger partial charge < -0.3 is 5.32 Å². The van der Waals surface area contributed by atoms with Crippen LogP contribution in [0.3, 0.4) is 0 Å². The van der Waals surface area contributed by atoms with Crippen LogP contribution in [0, 0.1) is 0 Å². The normalized spacial score (nSPS) is 15.8. The van der Waals surface area contributed by atoms with E-state index >= 15 is 0 Å². The van der Waals surface area contributed by atoms with Crippen LogP contribution >= 0.6 is 22.7 Å². The summed E-state index contributed by atoms with van der Waals surface area (Å²) in [5, 5.41) is 7.88. The van der Waals surface area contributed by atoms with Crippen molar-refractivity contribution in [3.05, 3.63) is 64.5 Å². The molecule has 4 rings (SSSR count). The third-order valence-electron chi connectivity index (χ3n) is 4.69. The fraction of sp³-hybridized carbons (Fsp3) is 0.300. The minimum Gasteiger partial charge on any atom is -0.349 e. The Morgan fingerprint density at radius 2 is 1.92 bits per heavy atom. The lowest BCUT2D eigenvalue weighted by Gasteiger charge is -2.28. The third-order valence-corrected chi connectivity index (χ3v) is 6.57. The summed E-state index contributed by atoms with van der Waals surface area (Å²) in [6, 6.07) is 14.7. The van der Waals surface area contributed by atoms with Gasteiger partial charge in [0.15, 0.2) is 0 Å². The molecule has 2 aromatic heterocycles. The van der Waals surface area contributed by atoms with E-state index in [1.807, 2.05) is 29.0 Å². The lowest BCUT2D eigenvalue weighted by molar-refractivity contribution is 0.0933. The van der Waals surface area contributed by atoms with Crippen molar-refractivity contribution in [2.75, 3.05) is 19.6 Å². The maximum atomic E-state index is 12.6. The number of thiazole rings is 1. The van der Waals surface area contributed by atoms with Crippen LogP contribution in [0.25, 0.3) is 9.88 Å². The standard InChI is InChI=1S/C20H21N3OS2/c24-19(16-14-26-20(22-16)18-9-6-12-25-18)21-13-17(23-10-4-5-11-23)15-7-2-1-3-8-15/h1-3,6-9,12,14,17H,4-5,10-11,13H2,(H,21,24)/t17-/m0/s1. The SMILES string of the molecule is O=C(NC[C@@H](c1ccccc1)N1CCCC1)c1csc(-c2cccs2)n1. The second kappa shape index (κ2) is 8.12. The molecule has 0 radical (unpaired) electrons. The second-order valence-corrected chi connectivity index (χ2v) is 8.20. The predicted octanol–water partition coefficient (Wildman–Crippen LogP) is 4.44. The zero-order valence-electron chi connectivity index (χ0n) is 14.4. The highest BCUT2D eigenvalue weighted by atomic mass is 32.1. The molecule has 1 amide bonds. The Hall–Kier alpha value is -2.02. The molecule has 0 unspecified atom stereocenters. The van der Waals surface area contributed by atoms with Gasteiger partial charge in [-0.05, 0) is 42.9 Å².